The number of carbonyl (C=O) groups excluding carboxylic acids is 2. The van der Waals surface area contributed by atoms with E-state index < -0.39 is 15.9 Å². The zero-order valence-electron chi connectivity index (χ0n) is 15.7. The fraction of sp³-hybridized carbons (Fsp3) is 0.579. The maximum Gasteiger partial charge on any atom is 0.255 e. The smallest absolute Gasteiger partial charge is 0.255 e. The van der Waals surface area contributed by atoms with Gasteiger partial charge in [0, 0.05) is 31.5 Å². The Balaban J connectivity index is 1.67. The molecule has 0 unspecified atom stereocenters. The quantitative estimate of drug-likeness (QED) is 0.701. The van der Waals surface area contributed by atoms with E-state index in [2.05, 4.69) is 10.2 Å². The molecule has 7 nitrogen and oxygen atoms in total. The minimum absolute atomic E-state index is 0.105. The maximum atomic E-state index is 12.8. The predicted molar refractivity (Wildman–Crippen MR) is 103 cm³/mol. The van der Waals surface area contributed by atoms with Gasteiger partial charge in [-0.1, -0.05) is 18.2 Å². The molecule has 2 aliphatic heterocycles. The molecular weight excluding hydrogens is 366 g/mol. The molecule has 0 saturated carbocycles. The van der Waals surface area contributed by atoms with E-state index in [1.807, 2.05) is 12.1 Å². The molecule has 2 aliphatic rings. The Bertz CT molecular complexity index is 803. The second-order valence-electron chi connectivity index (χ2n) is 7.36. The number of hydrogen-bond donors (Lipinski definition) is 1. The number of nitrogens with one attached hydrogen (secondary N) is 1. The van der Waals surface area contributed by atoms with Crippen molar-refractivity contribution in [1.82, 2.24) is 15.1 Å². The molecule has 0 spiro atoms. The van der Waals surface area contributed by atoms with Crippen LogP contribution in [-0.4, -0.2) is 74.3 Å². The fourth-order valence-corrected chi connectivity index (χ4v) is 4.40. The number of hydrogen-bond acceptors (Lipinski definition) is 5. The average Bonchev–Trinajstić information content (AvgIpc) is 3.23. The summed E-state index contributed by atoms with van der Waals surface area (Å²) in [5.41, 5.74) is 1.46. The zero-order chi connectivity index (χ0) is 19.4. The van der Waals surface area contributed by atoms with Crippen LogP contribution in [0.3, 0.4) is 0 Å². The fourth-order valence-electron chi connectivity index (χ4n) is 3.74. The Kier molecular flexibility index (Phi) is 6.16. The van der Waals surface area contributed by atoms with E-state index in [1.165, 1.54) is 17.7 Å². The lowest BCUT2D eigenvalue weighted by Crippen LogP contribution is -2.49. The van der Waals surface area contributed by atoms with Crippen LogP contribution < -0.4 is 5.32 Å². The number of likely N-dealkylation sites (tertiary alicyclic amines) is 1. The summed E-state index contributed by atoms with van der Waals surface area (Å²) in [7, 11) is -3.23. The van der Waals surface area contributed by atoms with Crippen LogP contribution in [0.15, 0.2) is 24.3 Å². The van der Waals surface area contributed by atoms with Crippen molar-refractivity contribution in [3.05, 3.63) is 35.4 Å². The van der Waals surface area contributed by atoms with Crippen molar-refractivity contribution in [2.24, 2.45) is 0 Å². The van der Waals surface area contributed by atoms with Crippen LogP contribution in [-0.2, 0) is 21.2 Å². The van der Waals surface area contributed by atoms with Gasteiger partial charge in [0.2, 0.25) is 5.91 Å². The van der Waals surface area contributed by atoms with E-state index >= 15 is 0 Å². The van der Waals surface area contributed by atoms with Gasteiger partial charge in [-0.25, -0.2) is 8.42 Å². The first-order chi connectivity index (χ1) is 12.8. The molecule has 0 aromatic heterocycles. The van der Waals surface area contributed by atoms with Gasteiger partial charge in [-0.3, -0.25) is 9.59 Å². The Labute approximate surface area is 160 Å². The van der Waals surface area contributed by atoms with E-state index in [1.54, 1.807) is 12.1 Å². The van der Waals surface area contributed by atoms with Gasteiger partial charge in [0.1, 0.15) is 15.9 Å². The molecule has 148 valence electrons. The number of fused-ring (bicyclic) bond motifs is 1. The molecular formula is C19H27N3O4S. The largest absolute Gasteiger partial charge is 0.353 e. The van der Waals surface area contributed by atoms with Gasteiger partial charge in [0.15, 0.2) is 0 Å². The summed E-state index contributed by atoms with van der Waals surface area (Å²) < 4.78 is 23.2. The molecule has 0 aliphatic carbocycles. The highest BCUT2D eigenvalue weighted by molar-refractivity contribution is 7.90. The third-order valence-corrected chi connectivity index (χ3v) is 6.19. The van der Waals surface area contributed by atoms with Crippen molar-refractivity contribution < 1.29 is 18.0 Å². The van der Waals surface area contributed by atoms with E-state index in [4.69, 9.17) is 0 Å². The maximum absolute atomic E-state index is 12.8. The lowest BCUT2D eigenvalue weighted by molar-refractivity contribution is -0.125. The zero-order valence-corrected chi connectivity index (χ0v) is 16.5. The van der Waals surface area contributed by atoms with Crippen LogP contribution in [0, 0.1) is 0 Å². The predicted octanol–water partition coefficient (Wildman–Crippen LogP) is 0.658. The van der Waals surface area contributed by atoms with Crippen molar-refractivity contribution >= 4 is 21.7 Å². The van der Waals surface area contributed by atoms with Gasteiger partial charge in [-0.05, 0) is 44.0 Å². The van der Waals surface area contributed by atoms with E-state index in [0.717, 1.165) is 31.5 Å². The number of carbonyl (C=O) groups is 2. The summed E-state index contributed by atoms with van der Waals surface area (Å²) in [6, 6.07) is 6.49. The standard InChI is InChI=1S/C19H27N3O4S/c1-27(25,26)13-8-17(18(23)20-9-12-21-10-4-5-11-21)22-14-15-6-2-3-7-16(15)19(22)24/h2-3,6-7,17H,4-5,8-14H2,1H3,(H,20,23)/t17-/m1/s1. The number of benzene rings is 1. The molecule has 2 amide bonds. The molecule has 2 heterocycles. The van der Waals surface area contributed by atoms with Gasteiger partial charge in [0.05, 0.1) is 5.75 Å². The molecule has 1 aromatic rings. The lowest BCUT2D eigenvalue weighted by atomic mass is 10.1. The monoisotopic (exact) mass is 393 g/mol. The SMILES string of the molecule is CS(=O)(=O)CC[C@H](C(=O)NCCN1CCCC1)N1Cc2ccccc2C1=O. The third kappa shape index (κ3) is 5.07. The summed E-state index contributed by atoms with van der Waals surface area (Å²) >= 11 is 0. The molecule has 27 heavy (non-hydrogen) atoms. The van der Waals surface area contributed by atoms with Crippen LogP contribution in [0.25, 0.3) is 0 Å². The Morgan fingerprint density at radius 2 is 1.93 bits per heavy atom. The molecule has 0 bridgehead atoms. The highest BCUT2D eigenvalue weighted by Crippen LogP contribution is 2.25. The number of sulfone groups is 1. The molecule has 1 saturated heterocycles. The first-order valence-electron chi connectivity index (χ1n) is 9.42. The summed E-state index contributed by atoms with van der Waals surface area (Å²) in [5.74, 6) is -0.616. The summed E-state index contributed by atoms with van der Waals surface area (Å²) in [4.78, 5) is 29.3. The van der Waals surface area contributed by atoms with Crippen molar-refractivity contribution in [3.8, 4) is 0 Å². The van der Waals surface area contributed by atoms with Gasteiger partial charge in [-0.15, -0.1) is 0 Å². The Morgan fingerprint density at radius 1 is 1.22 bits per heavy atom. The molecule has 1 aromatic carbocycles. The average molecular weight is 394 g/mol. The minimum Gasteiger partial charge on any atom is -0.353 e. The van der Waals surface area contributed by atoms with E-state index in [-0.39, 0.29) is 24.0 Å². The van der Waals surface area contributed by atoms with E-state index in [9.17, 15) is 18.0 Å². The summed E-state index contributed by atoms with van der Waals surface area (Å²) in [6.45, 7) is 3.71. The summed E-state index contributed by atoms with van der Waals surface area (Å²) in [5, 5.41) is 2.90. The molecule has 0 radical (unpaired) electrons. The van der Waals surface area contributed by atoms with Crippen LogP contribution in [0.5, 0.6) is 0 Å². The second-order valence-corrected chi connectivity index (χ2v) is 9.62. The van der Waals surface area contributed by atoms with Crippen molar-refractivity contribution in [1.29, 1.82) is 0 Å². The van der Waals surface area contributed by atoms with Gasteiger partial charge in [0.25, 0.3) is 5.91 Å². The lowest BCUT2D eigenvalue weighted by Gasteiger charge is -2.27. The minimum atomic E-state index is -3.23. The molecule has 8 heteroatoms. The number of nitrogens with zero attached hydrogens (tertiary/aromatic N) is 2. The van der Waals surface area contributed by atoms with Crippen LogP contribution in [0.2, 0.25) is 0 Å². The topological polar surface area (TPSA) is 86.8 Å². The molecule has 1 N–H and O–H groups in total. The molecule has 1 atom stereocenters. The van der Waals surface area contributed by atoms with Gasteiger partial charge in [-0.2, -0.15) is 0 Å². The van der Waals surface area contributed by atoms with Crippen molar-refractivity contribution in [2.45, 2.75) is 31.8 Å². The number of amides is 2. The second kappa shape index (κ2) is 8.39. The normalized spacial score (nSPS) is 18.6. The third-order valence-electron chi connectivity index (χ3n) is 5.22. The first-order valence-corrected chi connectivity index (χ1v) is 11.5. The van der Waals surface area contributed by atoms with Gasteiger partial charge < -0.3 is 15.1 Å². The van der Waals surface area contributed by atoms with Gasteiger partial charge >= 0.3 is 0 Å². The highest BCUT2D eigenvalue weighted by atomic mass is 32.2. The molecule has 3 rings (SSSR count). The van der Waals surface area contributed by atoms with Crippen LogP contribution in [0.4, 0.5) is 0 Å². The Morgan fingerprint density at radius 3 is 2.59 bits per heavy atom. The number of rotatable bonds is 8. The first kappa shape index (κ1) is 19.8. The summed E-state index contributed by atoms with van der Waals surface area (Å²) in [6.07, 6.45) is 3.63. The van der Waals surface area contributed by atoms with Crippen LogP contribution >= 0.6 is 0 Å². The van der Waals surface area contributed by atoms with Crippen molar-refractivity contribution in [3.63, 3.8) is 0 Å². The van der Waals surface area contributed by atoms with E-state index in [0.29, 0.717) is 18.7 Å². The Hall–Kier alpha value is -1.93. The van der Waals surface area contributed by atoms with Crippen LogP contribution in [0.1, 0.15) is 35.2 Å². The highest BCUT2D eigenvalue weighted by Gasteiger charge is 2.36. The van der Waals surface area contributed by atoms with Crippen molar-refractivity contribution in [2.75, 3.05) is 38.2 Å². The molecule has 1 fully saturated rings.